The number of rotatable bonds is 5. The van der Waals surface area contributed by atoms with Crippen LogP contribution in [0.3, 0.4) is 0 Å². The highest BCUT2D eigenvalue weighted by atomic mass is 33.1. The van der Waals surface area contributed by atoms with Crippen molar-refractivity contribution < 1.29 is 14.1 Å². The first-order valence-corrected chi connectivity index (χ1v) is 8.07. The lowest BCUT2D eigenvalue weighted by molar-refractivity contribution is -0.151. The zero-order chi connectivity index (χ0) is 11.3. The average Bonchev–Trinajstić information content (AvgIpc) is 2.58. The van der Waals surface area contributed by atoms with E-state index >= 15 is 0 Å². The SMILES string of the molecule is CCCCC(=O)OC1(CC)CC[S+]([O-])S1. The van der Waals surface area contributed by atoms with Crippen molar-refractivity contribution in [3.63, 3.8) is 0 Å². The number of carbonyl (C=O) groups excluding carboxylic acids is 1. The molecule has 1 fully saturated rings. The summed E-state index contributed by atoms with van der Waals surface area (Å²) in [6.45, 7) is 4.02. The molecule has 0 bridgehead atoms. The van der Waals surface area contributed by atoms with Crippen LogP contribution in [-0.2, 0) is 19.7 Å². The van der Waals surface area contributed by atoms with Gasteiger partial charge in [-0.2, -0.15) is 0 Å². The van der Waals surface area contributed by atoms with Gasteiger partial charge >= 0.3 is 5.97 Å². The Hall–Kier alpha value is 0.130. The van der Waals surface area contributed by atoms with Crippen molar-refractivity contribution in [2.75, 3.05) is 5.75 Å². The van der Waals surface area contributed by atoms with E-state index in [2.05, 4.69) is 0 Å². The maximum Gasteiger partial charge on any atom is 0.307 e. The van der Waals surface area contributed by atoms with E-state index in [9.17, 15) is 9.35 Å². The van der Waals surface area contributed by atoms with Crippen LogP contribution in [0, 0.1) is 0 Å². The second-order valence-corrected chi connectivity index (χ2v) is 7.22. The molecule has 3 nitrogen and oxygen atoms in total. The van der Waals surface area contributed by atoms with Crippen LogP contribution in [0.1, 0.15) is 46.0 Å². The predicted octanol–water partition coefficient (Wildman–Crippen LogP) is 2.63. The first-order chi connectivity index (χ1) is 7.12. The third-order valence-corrected chi connectivity index (χ3v) is 6.04. The Morgan fingerprint density at radius 1 is 1.60 bits per heavy atom. The number of esters is 1. The van der Waals surface area contributed by atoms with Crippen LogP contribution in [0.2, 0.25) is 0 Å². The summed E-state index contributed by atoms with van der Waals surface area (Å²) >= 11 is 0. The van der Waals surface area contributed by atoms with Gasteiger partial charge in [-0.05, 0) is 12.8 Å². The topological polar surface area (TPSA) is 49.4 Å². The van der Waals surface area contributed by atoms with Gasteiger partial charge in [0.05, 0.1) is 0 Å². The van der Waals surface area contributed by atoms with Crippen LogP contribution < -0.4 is 0 Å². The van der Waals surface area contributed by atoms with Crippen molar-refractivity contribution in [3.05, 3.63) is 0 Å². The maximum atomic E-state index is 11.5. The fourth-order valence-corrected chi connectivity index (χ4v) is 5.15. The molecule has 0 amide bonds. The highest BCUT2D eigenvalue weighted by Gasteiger charge is 2.46. The molecule has 15 heavy (non-hydrogen) atoms. The van der Waals surface area contributed by atoms with E-state index in [0.717, 1.165) is 25.7 Å². The minimum absolute atomic E-state index is 0.148. The van der Waals surface area contributed by atoms with E-state index in [1.807, 2.05) is 13.8 Å². The molecule has 1 aliphatic rings. The van der Waals surface area contributed by atoms with E-state index in [1.165, 1.54) is 10.8 Å². The van der Waals surface area contributed by atoms with E-state index in [-0.39, 0.29) is 5.97 Å². The molecular formula is C10H18O3S2. The summed E-state index contributed by atoms with van der Waals surface area (Å²) in [6, 6.07) is 0. The molecular weight excluding hydrogens is 232 g/mol. The fourth-order valence-electron chi connectivity index (χ4n) is 1.45. The quantitative estimate of drug-likeness (QED) is 0.427. The van der Waals surface area contributed by atoms with E-state index in [1.54, 1.807) is 0 Å². The first-order valence-electron chi connectivity index (χ1n) is 5.41. The molecule has 0 radical (unpaired) electrons. The van der Waals surface area contributed by atoms with Crippen LogP contribution in [0.25, 0.3) is 0 Å². The average molecular weight is 250 g/mol. The second-order valence-electron chi connectivity index (χ2n) is 3.68. The van der Waals surface area contributed by atoms with Crippen LogP contribution in [0.15, 0.2) is 0 Å². The lowest BCUT2D eigenvalue weighted by atomic mass is 10.2. The van der Waals surface area contributed by atoms with Gasteiger partial charge in [0.25, 0.3) is 0 Å². The summed E-state index contributed by atoms with van der Waals surface area (Å²) in [6.07, 6.45) is 3.80. The van der Waals surface area contributed by atoms with E-state index in [0.29, 0.717) is 12.2 Å². The Labute approximate surface area is 97.9 Å². The monoisotopic (exact) mass is 250 g/mol. The molecule has 2 unspecified atom stereocenters. The van der Waals surface area contributed by atoms with Gasteiger partial charge in [0, 0.05) is 23.0 Å². The van der Waals surface area contributed by atoms with Gasteiger partial charge in [-0.15, -0.1) is 0 Å². The van der Waals surface area contributed by atoms with Crippen LogP contribution in [0.4, 0.5) is 0 Å². The van der Waals surface area contributed by atoms with Crippen molar-refractivity contribution in [1.82, 2.24) is 0 Å². The minimum Gasteiger partial charge on any atom is -0.605 e. The van der Waals surface area contributed by atoms with Crippen LogP contribution >= 0.6 is 10.8 Å². The van der Waals surface area contributed by atoms with Gasteiger partial charge in [0.15, 0.2) is 0 Å². The Morgan fingerprint density at radius 3 is 2.80 bits per heavy atom. The molecule has 0 saturated carbocycles. The molecule has 1 heterocycles. The Balaban J connectivity index is 2.43. The maximum absolute atomic E-state index is 11.5. The van der Waals surface area contributed by atoms with Crippen molar-refractivity contribution in [2.45, 2.75) is 50.9 Å². The summed E-state index contributed by atoms with van der Waals surface area (Å²) in [4.78, 5) is 11.0. The minimum atomic E-state index is -0.875. The van der Waals surface area contributed by atoms with Crippen molar-refractivity contribution in [3.8, 4) is 0 Å². The van der Waals surface area contributed by atoms with Gasteiger partial charge < -0.3 is 9.29 Å². The highest BCUT2D eigenvalue weighted by Crippen LogP contribution is 2.45. The molecule has 1 saturated heterocycles. The zero-order valence-electron chi connectivity index (χ0n) is 9.28. The summed E-state index contributed by atoms with van der Waals surface area (Å²) in [7, 11) is 0.429. The second kappa shape index (κ2) is 6.01. The van der Waals surface area contributed by atoms with Gasteiger partial charge in [0.1, 0.15) is 16.5 Å². The molecule has 0 aromatic carbocycles. The standard InChI is InChI=1S/C10H18O3S2/c1-3-5-6-9(11)13-10(4-2)7-8-15(12)14-10/h3-8H2,1-2H3. The fraction of sp³-hybridized carbons (Fsp3) is 0.900. The Bertz CT molecular complexity index is 223. The molecule has 0 aliphatic carbocycles. The number of carbonyl (C=O) groups is 1. The smallest absolute Gasteiger partial charge is 0.307 e. The number of hydrogen-bond donors (Lipinski definition) is 0. The van der Waals surface area contributed by atoms with Crippen molar-refractivity contribution in [2.24, 2.45) is 0 Å². The Morgan fingerprint density at radius 2 is 2.33 bits per heavy atom. The van der Waals surface area contributed by atoms with E-state index in [4.69, 9.17) is 4.74 Å². The van der Waals surface area contributed by atoms with Gasteiger partial charge in [0.2, 0.25) is 4.93 Å². The third kappa shape index (κ3) is 3.89. The molecule has 2 atom stereocenters. The largest absolute Gasteiger partial charge is 0.605 e. The Kier molecular flexibility index (Phi) is 5.29. The molecule has 1 aliphatic heterocycles. The highest BCUT2D eigenvalue weighted by molar-refractivity contribution is 8.72. The molecule has 0 aromatic rings. The molecule has 88 valence electrons. The normalized spacial score (nSPS) is 30.5. The number of ether oxygens (including phenoxy) is 1. The van der Waals surface area contributed by atoms with Gasteiger partial charge in [-0.1, -0.05) is 20.3 Å². The molecule has 0 spiro atoms. The summed E-state index contributed by atoms with van der Waals surface area (Å²) in [5.41, 5.74) is 0. The lowest BCUT2D eigenvalue weighted by Crippen LogP contribution is -2.28. The third-order valence-electron chi connectivity index (χ3n) is 2.47. The molecule has 1 rings (SSSR count). The van der Waals surface area contributed by atoms with Crippen LogP contribution in [0.5, 0.6) is 0 Å². The lowest BCUT2D eigenvalue weighted by Gasteiger charge is -2.22. The van der Waals surface area contributed by atoms with E-state index < -0.39 is 15.1 Å². The van der Waals surface area contributed by atoms with Crippen molar-refractivity contribution in [1.29, 1.82) is 0 Å². The molecule has 0 aromatic heterocycles. The summed E-state index contributed by atoms with van der Waals surface area (Å²) in [5, 5.41) is 0. The predicted molar refractivity (Wildman–Crippen MR) is 63.9 cm³/mol. The first kappa shape index (κ1) is 13.2. The summed E-state index contributed by atoms with van der Waals surface area (Å²) < 4.78 is 16.7. The summed E-state index contributed by atoms with van der Waals surface area (Å²) in [5.74, 6) is 0.490. The molecule has 0 N–H and O–H groups in total. The van der Waals surface area contributed by atoms with Crippen molar-refractivity contribution >= 4 is 27.0 Å². The number of hydrogen-bond acceptors (Lipinski definition) is 4. The van der Waals surface area contributed by atoms with Gasteiger partial charge in [-0.25, -0.2) is 0 Å². The van der Waals surface area contributed by atoms with Gasteiger partial charge in [-0.3, -0.25) is 4.79 Å². The molecule has 5 heteroatoms. The zero-order valence-corrected chi connectivity index (χ0v) is 10.9. The number of unbranched alkanes of at least 4 members (excludes halogenated alkanes) is 1. The van der Waals surface area contributed by atoms with Crippen LogP contribution in [-0.4, -0.2) is 21.2 Å².